The van der Waals surface area contributed by atoms with Crippen molar-refractivity contribution in [2.24, 2.45) is 11.7 Å². The third kappa shape index (κ3) is 4.54. The number of nitrogens with two attached hydrogens (primary N) is 1. The second-order valence-electron chi connectivity index (χ2n) is 5.55. The van der Waals surface area contributed by atoms with Gasteiger partial charge < -0.3 is 5.73 Å². The van der Waals surface area contributed by atoms with Gasteiger partial charge in [-0.1, -0.05) is 6.92 Å². The minimum Gasteiger partial charge on any atom is -0.329 e. The Labute approximate surface area is 105 Å². The van der Waals surface area contributed by atoms with Gasteiger partial charge in [0.2, 0.25) is 0 Å². The van der Waals surface area contributed by atoms with Gasteiger partial charge in [0.05, 0.1) is 0 Å². The standard InChI is InChI=1S/C11H25N3O2S/c1-9(2)13-17(15,16)14-11(8-12)6-4-10(3)5-7-11/h9-10,13-14H,4-8,12H2,1-3H3. The molecule has 17 heavy (non-hydrogen) atoms. The molecule has 0 aliphatic heterocycles. The Hall–Kier alpha value is -0.170. The smallest absolute Gasteiger partial charge is 0.277 e. The normalized spacial score (nSPS) is 30.8. The van der Waals surface area contributed by atoms with E-state index in [1.807, 2.05) is 0 Å². The quantitative estimate of drug-likeness (QED) is 0.683. The first-order valence-corrected chi connectivity index (χ1v) is 7.78. The molecule has 0 atom stereocenters. The van der Waals surface area contributed by atoms with Crippen LogP contribution in [-0.2, 0) is 10.2 Å². The van der Waals surface area contributed by atoms with E-state index < -0.39 is 15.7 Å². The van der Waals surface area contributed by atoms with Crippen LogP contribution in [0.2, 0.25) is 0 Å². The van der Waals surface area contributed by atoms with Crippen LogP contribution in [0.1, 0.15) is 46.5 Å². The highest BCUT2D eigenvalue weighted by atomic mass is 32.2. The van der Waals surface area contributed by atoms with Crippen molar-refractivity contribution in [3.8, 4) is 0 Å². The zero-order valence-electron chi connectivity index (χ0n) is 11.0. The molecule has 0 amide bonds. The van der Waals surface area contributed by atoms with Crippen LogP contribution in [0, 0.1) is 5.92 Å². The topological polar surface area (TPSA) is 84.2 Å². The molecule has 102 valence electrons. The predicted molar refractivity (Wildman–Crippen MR) is 69.7 cm³/mol. The zero-order valence-corrected chi connectivity index (χ0v) is 11.8. The fourth-order valence-electron chi connectivity index (χ4n) is 2.29. The van der Waals surface area contributed by atoms with Crippen molar-refractivity contribution in [3.63, 3.8) is 0 Å². The van der Waals surface area contributed by atoms with E-state index in [1.54, 1.807) is 13.8 Å². The Morgan fingerprint density at radius 3 is 2.29 bits per heavy atom. The largest absolute Gasteiger partial charge is 0.329 e. The van der Waals surface area contributed by atoms with Crippen LogP contribution in [0.5, 0.6) is 0 Å². The maximum Gasteiger partial charge on any atom is 0.277 e. The predicted octanol–water partition coefficient (Wildman–Crippen LogP) is 0.726. The third-order valence-corrected chi connectivity index (χ3v) is 4.85. The number of hydrogen-bond acceptors (Lipinski definition) is 3. The molecule has 0 spiro atoms. The number of rotatable bonds is 5. The van der Waals surface area contributed by atoms with Gasteiger partial charge in [0, 0.05) is 18.1 Å². The summed E-state index contributed by atoms with van der Waals surface area (Å²) in [5, 5.41) is 0. The van der Waals surface area contributed by atoms with E-state index in [4.69, 9.17) is 5.73 Å². The van der Waals surface area contributed by atoms with Gasteiger partial charge in [0.25, 0.3) is 10.2 Å². The minimum absolute atomic E-state index is 0.107. The summed E-state index contributed by atoms with van der Waals surface area (Å²) in [5.74, 6) is 0.664. The molecule has 1 aliphatic carbocycles. The average Bonchev–Trinajstić information content (AvgIpc) is 2.19. The highest BCUT2D eigenvalue weighted by Gasteiger charge is 2.36. The van der Waals surface area contributed by atoms with Crippen LogP contribution in [0.4, 0.5) is 0 Å². The summed E-state index contributed by atoms with van der Waals surface area (Å²) in [4.78, 5) is 0. The van der Waals surface area contributed by atoms with Crippen LogP contribution in [0.15, 0.2) is 0 Å². The first-order valence-electron chi connectivity index (χ1n) is 6.30. The Bertz CT molecular complexity index is 333. The summed E-state index contributed by atoms with van der Waals surface area (Å²) >= 11 is 0. The molecule has 5 nitrogen and oxygen atoms in total. The Kier molecular flexibility index (Phi) is 4.95. The zero-order chi connectivity index (χ0) is 13.1. The van der Waals surface area contributed by atoms with Crippen LogP contribution >= 0.6 is 0 Å². The van der Waals surface area contributed by atoms with E-state index in [-0.39, 0.29) is 6.04 Å². The molecule has 1 saturated carbocycles. The van der Waals surface area contributed by atoms with Gasteiger partial charge in [-0.2, -0.15) is 17.9 Å². The second-order valence-corrected chi connectivity index (χ2v) is 6.99. The molecule has 0 aromatic rings. The third-order valence-electron chi connectivity index (χ3n) is 3.36. The van der Waals surface area contributed by atoms with Crippen LogP contribution in [0.3, 0.4) is 0 Å². The van der Waals surface area contributed by atoms with E-state index in [2.05, 4.69) is 16.4 Å². The van der Waals surface area contributed by atoms with Crippen molar-refractivity contribution >= 4 is 10.2 Å². The van der Waals surface area contributed by atoms with Crippen molar-refractivity contribution < 1.29 is 8.42 Å². The second kappa shape index (κ2) is 5.65. The van der Waals surface area contributed by atoms with Crippen molar-refractivity contribution in [1.82, 2.24) is 9.44 Å². The van der Waals surface area contributed by atoms with Gasteiger partial charge in [-0.25, -0.2) is 0 Å². The Balaban J connectivity index is 2.69. The van der Waals surface area contributed by atoms with Gasteiger partial charge in [-0.3, -0.25) is 0 Å². The molecule has 6 heteroatoms. The molecule has 1 aliphatic rings. The fraction of sp³-hybridized carbons (Fsp3) is 1.00. The fourth-order valence-corrected chi connectivity index (χ4v) is 3.82. The monoisotopic (exact) mass is 263 g/mol. The van der Waals surface area contributed by atoms with Gasteiger partial charge in [-0.15, -0.1) is 0 Å². The van der Waals surface area contributed by atoms with E-state index in [9.17, 15) is 8.42 Å². The molecule has 1 fully saturated rings. The molecule has 0 bridgehead atoms. The summed E-state index contributed by atoms with van der Waals surface area (Å²) in [7, 11) is -3.45. The maximum absolute atomic E-state index is 11.9. The number of hydrogen-bond donors (Lipinski definition) is 3. The molecule has 0 saturated heterocycles. The molecule has 0 aromatic carbocycles. The van der Waals surface area contributed by atoms with Crippen molar-refractivity contribution in [2.45, 2.75) is 58.0 Å². The minimum atomic E-state index is -3.45. The van der Waals surface area contributed by atoms with Crippen molar-refractivity contribution in [1.29, 1.82) is 0 Å². The summed E-state index contributed by atoms with van der Waals surface area (Å²) < 4.78 is 29.0. The SMILES string of the molecule is CC1CCC(CN)(NS(=O)(=O)NC(C)C)CC1. The molecule has 0 aromatic heterocycles. The molecular weight excluding hydrogens is 238 g/mol. The lowest BCUT2D eigenvalue weighted by Crippen LogP contribution is -2.58. The lowest BCUT2D eigenvalue weighted by atomic mass is 9.78. The molecule has 0 unspecified atom stereocenters. The molecular formula is C11H25N3O2S. The van der Waals surface area contributed by atoms with Gasteiger partial charge in [-0.05, 0) is 45.4 Å². The van der Waals surface area contributed by atoms with E-state index >= 15 is 0 Å². The first kappa shape index (κ1) is 14.9. The van der Waals surface area contributed by atoms with Crippen LogP contribution < -0.4 is 15.2 Å². The van der Waals surface area contributed by atoms with Crippen LogP contribution in [-0.4, -0.2) is 26.5 Å². The van der Waals surface area contributed by atoms with Gasteiger partial charge in [0.1, 0.15) is 0 Å². The van der Waals surface area contributed by atoms with Gasteiger partial charge in [0.15, 0.2) is 0 Å². The van der Waals surface area contributed by atoms with Crippen molar-refractivity contribution in [2.75, 3.05) is 6.54 Å². The van der Waals surface area contributed by atoms with E-state index in [0.717, 1.165) is 25.7 Å². The number of nitrogens with one attached hydrogen (secondary N) is 2. The summed E-state index contributed by atoms with van der Waals surface area (Å²) in [6.07, 6.45) is 3.70. The molecule has 1 rings (SSSR count). The summed E-state index contributed by atoms with van der Waals surface area (Å²) in [6.45, 7) is 6.16. The molecule has 0 heterocycles. The molecule has 0 radical (unpaired) electrons. The van der Waals surface area contributed by atoms with Crippen LogP contribution in [0.25, 0.3) is 0 Å². The van der Waals surface area contributed by atoms with E-state index in [0.29, 0.717) is 12.5 Å². The first-order chi connectivity index (χ1) is 7.79. The maximum atomic E-state index is 11.9. The summed E-state index contributed by atoms with van der Waals surface area (Å²) in [6, 6.07) is -0.107. The lowest BCUT2D eigenvalue weighted by molar-refractivity contribution is 0.230. The lowest BCUT2D eigenvalue weighted by Gasteiger charge is -2.39. The van der Waals surface area contributed by atoms with Crippen molar-refractivity contribution in [3.05, 3.63) is 0 Å². The highest BCUT2D eigenvalue weighted by molar-refractivity contribution is 7.87. The highest BCUT2D eigenvalue weighted by Crippen LogP contribution is 2.31. The Morgan fingerprint density at radius 1 is 1.35 bits per heavy atom. The average molecular weight is 263 g/mol. The summed E-state index contributed by atoms with van der Waals surface area (Å²) in [5.41, 5.74) is 5.32. The molecule has 4 N–H and O–H groups in total. The Morgan fingerprint density at radius 2 is 1.88 bits per heavy atom. The van der Waals surface area contributed by atoms with E-state index in [1.165, 1.54) is 0 Å². The van der Waals surface area contributed by atoms with Gasteiger partial charge >= 0.3 is 0 Å².